The number of aryl methyl sites for hydroxylation is 1. The van der Waals surface area contributed by atoms with E-state index >= 15 is 0 Å². The van der Waals surface area contributed by atoms with Crippen LogP contribution in [0.25, 0.3) is 0 Å². The summed E-state index contributed by atoms with van der Waals surface area (Å²) in [6.45, 7) is 11.1. The van der Waals surface area contributed by atoms with Gasteiger partial charge < -0.3 is 11.1 Å². The molecule has 0 aliphatic heterocycles. The average Bonchev–Trinajstić information content (AvgIpc) is 2.27. The number of hydrogen-bond donors (Lipinski definition) is 2. The largest absolute Gasteiger partial charge is 0.328 e. The van der Waals surface area contributed by atoms with Gasteiger partial charge in [0.2, 0.25) is 0 Å². The van der Waals surface area contributed by atoms with Crippen molar-refractivity contribution in [3.8, 4) is 0 Å². The molecule has 1 aromatic carbocycles. The molecule has 0 amide bonds. The van der Waals surface area contributed by atoms with Crippen LogP contribution in [-0.2, 0) is 12.0 Å². The molecule has 0 bridgehead atoms. The first-order chi connectivity index (χ1) is 8.86. The minimum atomic E-state index is 0.225. The Morgan fingerprint density at radius 3 is 2.53 bits per heavy atom. The minimum absolute atomic E-state index is 0.225. The number of benzene rings is 1. The lowest BCUT2D eigenvalue weighted by Crippen LogP contribution is -2.41. The van der Waals surface area contributed by atoms with E-state index in [0.29, 0.717) is 6.04 Å². The summed E-state index contributed by atoms with van der Waals surface area (Å²) in [5.74, 6) is 0.793. The lowest BCUT2D eigenvalue weighted by atomic mass is 9.81. The molecule has 0 atom stereocenters. The van der Waals surface area contributed by atoms with Crippen LogP contribution in [0, 0.1) is 12.8 Å². The van der Waals surface area contributed by atoms with Gasteiger partial charge in [-0.05, 0) is 54.3 Å². The van der Waals surface area contributed by atoms with Gasteiger partial charge in [-0.3, -0.25) is 0 Å². The molecule has 1 aliphatic rings. The van der Waals surface area contributed by atoms with Gasteiger partial charge in [-0.15, -0.1) is 0 Å². The fourth-order valence-electron chi connectivity index (χ4n) is 2.69. The van der Waals surface area contributed by atoms with Crippen LogP contribution in [0.4, 0.5) is 0 Å². The van der Waals surface area contributed by atoms with Crippen molar-refractivity contribution in [3.63, 3.8) is 0 Å². The molecule has 1 aliphatic carbocycles. The van der Waals surface area contributed by atoms with Crippen molar-refractivity contribution in [1.29, 1.82) is 0 Å². The van der Waals surface area contributed by atoms with Gasteiger partial charge in [0.15, 0.2) is 0 Å². The zero-order chi connectivity index (χ0) is 14.0. The monoisotopic (exact) mass is 260 g/mol. The highest BCUT2D eigenvalue weighted by Crippen LogP contribution is 2.26. The van der Waals surface area contributed by atoms with E-state index in [2.05, 4.69) is 51.2 Å². The molecule has 1 saturated carbocycles. The summed E-state index contributed by atoms with van der Waals surface area (Å²) in [5.41, 5.74) is 10.3. The van der Waals surface area contributed by atoms with Crippen LogP contribution in [0.1, 0.15) is 50.3 Å². The van der Waals surface area contributed by atoms with Gasteiger partial charge in [-0.25, -0.2) is 0 Å². The molecule has 0 spiro atoms. The van der Waals surface area contributed by atoms with E-state index in [4.69, 9.17) is 5.73 Å². The van der Waals surface area contributed by atoms with Crippen LogP contribution in [0.5, 0.6) is 0 Å². The second-order valence-corrected chi connectivity index (χ2v) is 7.12. The third kappa shape index (κ3) is 3.80. The summed E-state index contributed by atoms with van der Waals surface area (Å²) < 4.78 is 0. The zero-order valence-corrected chi connectivity index (χ0v) is 12.8. The van der Waals surface area contributed by atoms with E-state index in [-0.39, 0.29) is 5.41 Å². The summed E-state index contributed by atoms with van der Waals surface area (Å²) in [6, 6.07) is 7.31. The minimum Gasteiger partial charge on any atom is -0.328 e. The number of rotatable bonds is 4. The molecule has 0 radical (unpaired) electrons. The molecule has 0 heterocycles. The quantitative estimate of drug-likeness (QED) is 0.873. The van der Waals surface area contributed by atoms with Crippen molar-refractivity contribution in [2.24, 2.45) is 11.7 Å². The highest BCUT2D eigenvalue weighted by molar-refractivity contribution is 5.34. The molecule has 2 nitrogen and oxygen atoms in total. The summed E-state index contributed by atoms with van der Waals surface area (Å²) in [4.78, 5) is 0. The summed E-state index contributed by atoms with van der Waals surface area (Å²) in [7, 11) is 0. The van der Waals surface area contributed by atoms with Crippen LogP contribution in [0.15, 0.2) is 18.2 Å². The fraction of sp³-hybridized carbons (Fsp3) is 0.647. The standard InChI is InChI=1S/C17H28N2/c1-12-5-6-15(17(2,3)4)9-14(12)11-19-10-13-7-16(18)8-13/h5-6,9,13,16,19H,7-8,10-11,18H2,1-4H3. The van der Waals surface area contributed by atoms with Gasteiger partial charge in [0.25, 0.3) is 0 Å². The number of nitrogens with one attached hydrogen (secondary N) is 1. The van der Waals surface area contributed by atoms with E-state index in [1.165, 1.54) is 29.5 Å². The maximum Gasteiger partial charge on any atom is 0.0208 e. The van der Waals surface area contributed by atoms with E-state index < -0.39 is 0 Å². The number of nitrogens with two attached hydrogens (primary N) is 1. The van der Waals surface area contributed by atoms with Crippen molar-refractivity contribution in [3.05, 3.63) is 34.9 Å². The van der Waals surface area contributed by atoms with Crippen LogP contribution < -0.4 is 11.1 Å². The summed E-state index contributed by atoms with van der Waals surface area (Å²) >= 11 is 0. The molecule has 2 heteroatoms. The second kappa shape index (κ2) is 5.64. The average molecular weight is 260 g/mol. The van der Waals surface area contributed by atoms with E-state index in [0.717, 1.165) is 19.0 Å². The van der Waals surface area contributed by atoms with Gasteiger partial charge in [0.1, 0.15) is 0 Å². The van der Waals surface area contributed by atoms with Gasteiger partial charge in [-0.1, -0.05) is 39.0 Å². The molecule has 1 aromatic rings. The highest BCUT2D eigenvalue weighted by atomic mass is 14.9. The van der Waals surface area contributed by atoms with Crippen molar-refractivity contribution in [2.75, 3.05) is 6.54 Å². The van der Waals surface area contributed by atoms with Gasteiger partial charge >= 0.3 is 0 Å². The van der Waals surface area contributed by atoms with Gasteiger partial charge in [0.05, 0.1) is 0 Å². The Morgan fingerprint density at radius 2 is 1.95 bits per heavy atom. The molecule has 0 saturated heterocycles. The lowest BCUT2D eigenvalue weighted by Gasteiger charge is -2.32. The van der Waals surface area contributed by atoms with E-state index in [1.807, 2.05) is 0 Å². The Hall–Kier alpha value is -0.860. The van der Waals surface area contributed by atoms with Gasteiger partial charge in [-0.2, -0.15) is 0 Å². The smallest absolute Gasteiger partial charge is 0.0208 e. The Kier molecular flexibility index (Phi) is 4.32. The second-order valence-electron chi connectivity index (χ2n) is 7.12. The van der Waals surface area contributed by atoms with Crippen LogP contribution in [0.3, 0.4) is 0 Å². The molecule has 19 heavy (non-hydrogen) atoms. The molecule has 1 fully saturated rings. The molecular formula is C17H28N2. The van der Waals surface area contributed by atoms with Crippen LogP contribution >= 0.6 is 0 Å². The Balaban J connectivity index is 1.92. The normalized spacial score (nSPS) is 23.2. The highest BCUT2D eigenvalue weighted by Gasteiger charge is 2.25. The van der Waals surface area contributed by atoms with Crippen molar-refractivity contribution < 1.29 is 0 Å². The van der Waals surface area contributed by atoms with E-state index in [9.17, 15) is 0 Å². The van der Waals surface area contributed by atoms with Crippen molar-refractivity contribution in [2.45, 2.75) is 58.5 Å². The third-order valence-corrected chi connectivity index (χ3v) is 4.24. The summed E-state index contributed by atoms with van der Waals surface area (Å²) in [5, 5.41) is 3.59. The van der Waals surface area contributed by atoms with Crippen LogP contribution in [-0.4, -0.2) is 12.6 Å². The topological polar surface area (TPSA) is 38.0 Å². The van der Waals surface area contributed by atoms with Gasteiger partial charge in [0, 0.05) is 12.6 Å². The maximum atomic E-state index is 5.82. The van der Waals surface area contributed by atoms with E-state index in [1.54, 1.807) is 0 Å². The SMILES string of the molecule is Cc1ccc(C(C)(C)C)cc1CNCC1CC(N)C1. The molecule has 106 valence electrons. The molecule has 2 rings (SSSR count). The molecule has 3 N–H and O–H groups in total. The van der Waals surface area contributed by atoms with Crippen LogP contribution in [0.2, 0.25) is 0 Å². The van der Waals surface area contributed by atoms with Crippen molar-refractivity contribution in [1.82, 2.24) is 5.32 Å². The van der Waals surface area contributed by atoms with Crippen molar-refractivity contribution >= 4 is 0 Å². The number of hydrogen-bond acceptors (Lipinski definition) is 2. The Labute approximate surface area is 117 Å². The zero-order valence-electron chi connectivity index (χ0n) is 12.8. The molecule has 0 unspecified atom stereocenters. The summed E-state index contributed by atoms with van der Waals surface area (Å²) in [6.07, 6.45) is 2.38. The first kappa shape index (κ1) is 14.5. The first-order valence-electron chi connectivity index (χ1n) is 7.42. The predicted octanol–water partition coefficient (Wildman–Crippen LogP) is 3.12. The molecule has 0 aromatic heterocycles. The Bertz CT molecular complexity index is 425. The Morgan fingerprint density at radius 1 is 1.26 bits per heavy atom. The molecular weight excluding hydrogens is 232 g/mol. The third-order valence-electron chi connectivity index (χ3n) is 4.24. The fourth-order valence-corrected chi connectivity index (χ4v) is 2.69. The maximum absolute atomic E-state index is 5.82. The lowest BCUT2D eigenvalue weighted by molar-refractivity contribution is 0.256. The first-order valence-corrected chi connectivity index (χ1v) is 7.42. The predicted molar refractivity (Wildman–Crippen MR) is 82.3 cm³/mol.